The van der Waals surface area contributed by atoms with Crippen molar-refractivity contribution in [2.75, 3.05) is 24.7 Å². The first-order valence-corrected chi connectivity index (χ1v) is 8.76. The predicted molar refractivity (Wildman–Crippen MR) is 90.6 cm³/mol. The van der Waals surface area contributed by atoms with E-state index in [0.29, 0.717) is 11.7 Å². The van der Waals surface area contributed by atoms with Crippen molar-refractivity contribution in [2.45, 2.75) is 30.9 Å². The lowest BCUT2D eigenvalue weighted by atomic mass is 10.1. The van der Waals surface area contributed by atoms with Crippen LogP contribution in [0.5, 0.6) is 0 Å². The summed E-state index contributed by atoms with van der Waals surface area (Å²) >= 11 is 3.22. The highest BCUT2D eigenvalue weighted by molar-refractivity contribution is 8.01. The minimum atomic E-state index is -0.125. The first kappa shape index (κ1) is 16.0. The Bertz CT molecular complexity index is 565. The Morgan fingerprint density at radius 1 is 1.52 bits per heavy atom. The van der Waals surface area contributed by atoms with E-state index in [1.807, 2.05) is 13.1 Å². The molecule has 0 spiro atoms. The molecule has 2 rings (SSSR count). The zero-order valence-corrected chi connectivity index (χ0v) is 14.2. The van der Waals surface area contributed by atoms with Crippen LogP contribution in [-0.4, -0.2) is 41.0 Å². The number of rotatable bonds is 6. The van der Waals surface area contributed by atoms with Crippen molar-refractivity contribution >= 4 is 40.0 Å². The van der Waals surface area contributed by atoms with Gasteiger partial charge in [-0.25, -0.2) is 9.78 Å². The molecule has 0 fully saturated rings. The predicted octanol–water partition coefficient (Wildman–Crippen LogP) is 3.86. The maximum atomic E-state index is 11.7. The van der Waals surface area contributed by atoms with Gasteiger partial charge >= 0.3 is 6.03 Å². The summed E-state index contributed by atoms with van der Waals surface area (Å²) < 4.78 is 1.09. The van der Waals surface area contributed by atoms with Crippen LogP contribution in [0, 0.1) is 0 Å². The molecular weight excluding hydrogens is 304 g/mol. The molecule has 0 unspecified atom stereocenters. The maximum absolute atomic E-state index is 11.7. The van der Waals surface area contributed by atoms with E-state index in [4.69, 9.17) is 0 Å². The molecule has 0 aliphatic carbocycles. The van der Waals surface area contributed by atoms with Crippen molar-refractivity contribution in [3.05, 3.63) is 18.0 Å². The molecule has 0 aromatic carbocycles. The third-order valence-electron chi connectivity index (χ3n) is 3.22. The molecule has 114 valence electrons. The van der Waals surface area contributed by atoms with Gasteiger partial charge in [-0.1, -0.05) is 18.3 Å². The fraction of sp³-hybridized carbons (Fsp3) is 0.500. The average Bonchev–Trinajstić information content (AvgIpc) is 3.13. The van der Waals surface area contributed by atoms with Crippen molar-refractivity contribution in [3.63, 3.8) is 0 Å². The summed E-state index contributed by atoms with van der Waals surface area (Å²) in [6.07, 6.45) is 5.85. The minimum Gasteiger partial charge on any atom is -0.328 e. The van der Waals surface area contributed by atoms with Crippen molar-refractivity contribution in [1.29, 1.82) is 0 Å². The molecule has 1 aliphatic rings. The van der Waals surface area contributed by atoms with Crippen molar-refractivity contribution < 1.29 is 4.79 Å². The number of nitrogens with one attached hydrogen (secondary N) is 1. The van der Waals surface area contributed by atoms with E-state index >= 15 is 0 Å². The maximum Gasteiger partial charge on any atom is 0.323 e. The van der Waals surface area contributed by atoms with Crippen molar-refractivity contribution in [1.82, 2.24) is 9.88 Å². The van der Waals surface area contributed by atoms with Gasteiger partial charge in [0.2, 0.25) is 0 Å². The monoisotopic (exact) mass is 324 g/mol. The Hall–Kier alpha value is -1.34. The summed E-state index contributed by atoms with van der Waals surface area (Å²) in [7, 11) is 1.76. The Kier molecular flexibility index (Phi) is 5.81. The van der Waals surface area contributed by atoms with E-state index in [2.05, 4.69) is 22.2 Å². The zero-order chi connectivity index (χ0) is 15.2. The van der Waals surface area contributed by atoms with Crippen LogP contribution >= 0.6 is 23.1 Å². The van der Waals surface area contributed by atoms with Gasteiger partial charge in [0.25, 0.3) is 0 Å². The summed E-state index contributed by atoms with van der Waals surface area (Å²) in [6, 6.07) is -0.125. The second kappa shape index (κ2) is 7.61. The second-order valence-electron chi connectivity index (χ2n) is 4.73. The van der Waals surface area contributed by atoms with Crippen LogP contribution < -0.4 is 5.32 Å². The van der Waals surface area contributed by atoms with E-state index in [1.54, 1.807) is 29.9 Å². The quantitative estimate of drug-likeness (QED) is 0.808. The molecule has 0 radical (unpaired) electrons. The summed E-state index contributed by atoms with van der Waals surface area (Å²) in [5, 5.41) is 3.44. The lowest BCUT2D eigenvalue weighted by Gasteiger charge is -2.13. The molecule has 2 amide bonds. The Morgan fingerprint density at radius 3 is 3.00 bits per heavy atom. The van der Waals surface area contributed by atoms with Crippen molar-refractivity contribution in [3.8, 4) is 0 Å². The second-order valence-corrected chi connectivity index (χ2v) is 7.04. The van der Waals surface area contributed by atoms with Crippen molar-refractivity contribution in [2.24, 2.45) is 4.99 Å². The first-order valence-electron chi connectivity index (χ1n) is 6.96. The number of carbonyl (C=O) groups is 1. The van der Waals surface area contributed by atoms with Crippen LogP contribution in [0.2, 0.25) is 0 Å². The lowest BCUT2D eigenvalue weighted by Crippen LogP contribution is -2.30. The van der Waals surface area contributed by atoms with E-state index in [0.717, 1.165) is 22.8 Å². The van der Waals surface area contributed by atoms with Gasteiger partial charge in [-0.3, -0.25) is 10.3 Å². The Labute approximate surface area is 133 Å². The van der Waals surface area contributed by atoms with Gasteiger partial charge < -0.3 is 4.90 Å². The van der Waals surface area contributed by atoms with Crippen LogP contribution in [0.1, 0.15) is 26.7 Å². The molecule has 1 N–H and O–H groups in total. The van der Waals surface area contributed by atoms with Gasteiger partial charge in [0.15, 0.2) is 5.13 Å². The fourth-order valence-electron chi connectivity index (χ4n) is 1.71. The van der Waals surface area contributed by atoms with Crippen LogP contribution in [0.3, 0.4) is 0 Å². The van der Waals surface area contributed by atoms with Gasteiger partial charge in [0, 0.05) is 37.7 Å². The number of aromatic nitrogens is 1. The molecule has 1 aromatic heterocycles. The molecule has 0 bridgehead atoms. The summed E-state index contributed by atoms with van der Waals surface area (Å²) in [6.45, 7) is 4.76. The van der Waals surface area contributed by atoms with Gasteiger partial charge in [-0.2, -0.15) is 0 Å². The van der Waals surface area contributed by atoms with Crippen LogP contribution in [0.25, 0.3) is 0 Å². The highest BCUT2D eigenvalue weighted by Crippen LogP contribution is 2.29. The third kappa shape index (κ3) is 4.57. The smallest absolute Gasteiger partial charge is 0.323 e. The SMILES string of the molecule is CCC1=CN=C(CSc2cnc(NC(=O)N(C)CC)s2)C1. The van der Waals surface area contributed by atoms with Crippen LogP contribution in [0.15, 0.2) is 27.2 Å². The largest absolute Gasteiger partial charge is 0.328 e. The molecular formula is C14H20N4OS2. The third-order valence-corrected chi connectivity index (χ3v) is 5.39. The molecule has 0 saturated carbocycles. The number of thioether (sulfide) groups is 1. The molecule has 0 saturated heterocycles. The highest BCUT2D eigenvalue weighted by Gasteiger charge is 2.12. The zero-order valence-electron chi connectivity index (χ0n) is 12.5. The minimum absolute atomic E-state index is 0.125. The van der Waals surface area contributed by atoms with Gasteiger partial charge in [-0.15, -0.1) is 11.8 Å². The number of carbonyl (C=O) groups excluding carboxylic acids is 1. The molecule has 21 heavy (non-hydrogen) atoms. The summed E-state index contributed by atoms with van der Waals surface area (Å²) in [5.74, 6) is 0.879. The number of hydrogen-bond donors (Lipinski definition) is 1. The van der Waals surface area contributed by atoms with Crippen LogP contribution in [-0.2, 0) is 0 Å². The van der Waals surface area contributed by atoms with Gasteiger partial charge in [0.1, 0.15) is 0 Å². The molecule has 0 atom stereocenters. The number of nitrogens with zero attached hydrogens (tertiary/aromatic N) is 3. The van der Waals surface area contributed by atoms with Gasteiger partial charge in [-0.05, 0) is 18.9 Å². The number of allylic oxidation sites excluding steroid dienone is 1. The number of urea groups is 1. The number of anilines is 1. The number of aliphatic imine (C=N–C) groups is 1. The summed E-state index contributed by atoms with van der Waals surface area (Å²) in [5.41, 5.74) is 2.60. The average molecular weight is 324 g/mol. The molecule has 1 aliphatic heterocycles. The number of hydrogen-bond acceptors (Lipinski definition) is 5. The van der Waals surface area contributed by atoms with Gasteiger partial charge in [0.05, 0.1) is 10.4 Å². The van der Waals surface area contributed by atoms with E-state index in [1.165, 1.54) is 22.6 Å². The molecule has 1 aromatic rings. The lowest BCUT2D eigenvalue weighted by molar-refractivity contribution is 0.224. The standard InChI is InChI=1S/C14H20N4OS2/c1-4-10-6-11(15-7-10)9-20-12-8-16-13(21-12)17-14(19)18(3)5-2/h7-8H,4-6,9H2,1-3H3,(H,16,17,19). The molecule has 2 heterocycles. The first-order chi connectivity index (χ1) is 10.1. The fourth-order valence-corrected chi connectivity index (χ4v) is 3.51. The van der Waals surface area contributed by atoms with E-state index < -0.39 is 0 Å². The Morgan fingerprint density at radius 2 is 2.33 bits per heavy atom. The summed E-state index contributed by atoms with van der Waals surface area (Å²) in [4.78, 5) is 22.0. The normalized spacial score (nSPS) is 13.9. The Balaban J connectivity index is 1.80. The molecule has 7 heteroatoms. The van der Waals surface area contributed by atoms with E-state index in [-0.39, 0.29) is 6.03 Å². The topological polar surface area (TPSA) is 57.6 Å². The number of amides is 2. The van der Waals surface area contributed by atoms with E-state index in [9.17, 15) is 4.79 Å². The number of thiazole rings is 1. The highest BCUT2D eigenvalue weighted by atomic mass is 32.2. The van der Waals surface area contributed by atoms with Crippen LogP contribution in [0.4, 0.5) is 9.93 Å². The molecule has 5 nitrogen and oxygen atoms in total.